The summed E-state index contributed by atoms with van der Waals surface area (Å²) in [4.78, 5) is 29.2. The van der Waals surface area contributed by atoms with Crippen LogP contribution in [-0.2, 0) is 22.4 Å². The zero-order valence-electron chi connectivity index (χ0n) is 15.4. The normalized spacial score (nSPS) is 10.5. The molecule has 0 saturated heterocycles. The number of nitrogens with zero attached hydrogens (tertiary/aromatic N) is 1. The van der Waals surface area contributed by atoms with Gasteiger partial charge in [-0.1, -0.05) is 48.5 Å². The maximum atomic E-state index is 13.8. The molecule has 0 aliphatic heterocycles. The van der Waals surface area contributed by atoms with Crippen molar-refractivity contribution in [2.75, 3.05) is 11.9 Å². The molecule has 0 fully saturated rings. The number of carbonyl (C=O) groups is 2. The molecule has 0 spiro atoms. The Labute approximate surface area is 166 Å². The number of aromatic nitrogens is 1. The maximum absolute atomic E-state index is 13.8. The minimum absolute atomic E-state index is 0.132. The number of rotatable bonds is 7. The van der Waals surface area contributed by atoms with E-state index in [0.717, 1.165) is 16.1 Å². The molecule has 2 amide bonds. The lowest BCUT2D eigenvalue weighted by atomic mass is 10.1. The Bertz CT molecular complexity index is 973. The molecule has 144 valence electrons. The Morgan fingerprint density at radius 2 is 1.75 bits per heavy atom. The van der Waals surface area contributed by atoms with E-state index in [2.05, 4.69) is 15.6 Å². The average molecular weight is 397 g/mol. The molecule has 3 rings (SSSR count). The quantitative estimate of drug-likeness (QED) is 0.641. The summed E-state index contributed by atoms with van der Waals surface area (Å²) >= 11 is 1.31. The van der Waals surface area contributed by atoms with Gasteiger partial charge in [-0.3, -0.25) is 9.59 Å². The highest BCUT2D eigenvalue weighted by Gasteiger charge is 2.13. The van der Waals surface area contributed by atoms with Crippen molar-refractivity contribution in [1.29, 1.82) is 0 Å². The number of thiazole rings is 1. The Kier molecular flexibility index (Phi) is 6.49. The van der Waals surface area contributed by atoms with Crippen LogP contribution >= 0.6 is 11.3 Å². The predicted octanol–water partition coefficient (Wildman–Crippen LogP) is 3.48. The van der Waals surface area contributed by atoms with Gasteiger partial charge in [0.15, 0.2) is 5.13 Å². The first-order chi connectivity index (χ1) is 13.5. The number of hydrogen-bond donors (Lipinski definition) is 2. The SMILES string of the molecule is Cc1nc(NC(=O)CNC(=O)Cc2ccccc2)sc1Cc1ccccc1F. The van der Waals surface area contributed by atoms with Crippen molar-refractivity contribution in [3.05, 3.63) is 82.1 Å². The highest BCUT2D eigenvalue weighted by atomic mass is 32.1. The standard InChI is InChI=1S/C21H20FN3O2S/c1-14-18(12-16-9-5-6-10-17(16)22)28-21(24-14)25-20(27)13-23-19(26)11-15-7-3-2-4-8-15/h2-10H,11-13H2,1H3,(H,23,26)(H,24,25,27). The Morgan fingerprint density at radius 3 is 2.50 bits per heavy atom. The van der Waals surface area contributed by atoms with Crippen LogP contribution in [-0.4, -0.2) is 23.3 Å². The summed E-state index contributed by atoms with van der Waals surface area (Å²) in [6.45, 7) is 1.69. The highest BCUT2D eigenvalue weighted by molar-refractivity contribution is 7.15. The largest absolute Gasteiger partial charge is 0.347 e. The van der Waals surface area contributed by atoms with Gasteiger partial charge in [-0.15, -0.1) is 11.3 Å². The molecule has 0 atom stereocenters. The van der Waals surface area contributed by atoms with Crippen molar-refractivity contribution in [2.24, 2.45) is 0 Å². The fraction of sp³-hybridized carbons (Fsp3) is 0.190. The van der Waals surface area contributed by atoms with E-state index < -0.39 is 0 Å². The molecule has 3 aromatic rings. The van der Waals surface area contributed by atoms with E-state index in [1.165, 1.54) is 17.4 Å². The van der Waals surface area contributed by atoms with Crippen molar-refractivity contribution in [2.45, 2.75) is 19.8 Å². The highest BCUT2D eigenvalue weighted by Crippen LogP contribution is 2.26. The van der Waals surface area contributed by atoms with E-state index >= 15 is 0 Å². The number of carbonyl (C=O) groups excluding carboxylic acids is 2. The van der Waals surface area contributed by atoms with E-state index in [-0.39, 0.29) is 30.6 Å². The molecular formula is C21H20FN3O2S. The summed E-state index contributed by atoms with van der Waals surface area (Å²) < 4.78 is 13.8. The van der Waals surface area contributed by atoms with E-state index in [1.54, 1.807) is 18.2 Å². The lowest BCUT2D eigenvalue weighted by molar-refractivity contribution is -0.123. The van der Waals surface area contributed by atoms with Crippen LogP contribution in [0.1, 0.15) is 21.7 Å². The first-order valence-corrected chi connectivity index (χ1v) is 9.63. The third-order valence-electron chi connectivity index (χ3n) is 4.10. The van der Waals surface area contributed by atoms with Crippen LogP contribution in [0.25, 0.3) is 0 Å². The van der Waals surface area contributed by atoms with Gasteiger partial charge in [-0.05, 0) is 24.1 Å². The molecule has 2 aromatic carbocycles. The van der Waals surface area contributed by atoms with E-state index in [9.17, 15) is 14.0 Å². The molecule has 0 bridgehead atoms. The first kappa shape index (κ1) is 19.7. The van der Waals surface area contributed by atoms with E-state index in [0.29, 0.717) is 17.1 Å². The van der Waals surface area contributed by atoms with Gasteiger partial charge >= 0.3 is 0 Å². The number of aryl methyl sites for hydroxylation is 1. The van der Waals surface area contributed by atoms with Crippen molar-refractivity contribution >= 4 is 28.3 Å². The summed E-state index contributed by atoms with van der Waals surface area (Å²) in [5.41, 5.74) is 2.21. The van der Waals surface area contributed by atoms with Gasteiger partial charge in [0.2, 0.25) is 11.8 Å². The minimum Gasteiger partial charge on any atom is -0.347 e. The van der Waals surface area contributed by atoms with Gasteiger partial charge in [0, 0.05) is 11.3 Å². The number of halogens is 1. The third kappa shape index (κ3) is 5.47. The number of nitrogens with one attached hydrogen (secondary N) is 2. The van der Waals surface area contributed by atoms with Crippen LogP contribution in [0.2, 0.25) is 0 Å². The molecule has 28 heavy (non-hydrogen) atoms. The number of hydrogen-bond acceptors (Lipinski definition) is 4. The molecule has 0 unspecified atom stereocenters. The molecule has 0 aliphatic carbocycles. The number of benzene rings is 2. The van der Waals surface area contributed by atoms with Crippen LogP contribution in [0.3, 0.4) is 0 Å². The second-order valence-corrected chi connectivity index (χ2v) is 7.37. The van der Waals surface area contributed by atoms with Crippen molar-refractivity contribution in [1.82, 2.24) is 10.3 Å². The van der Waals surface area contributed by atoms with Gasteiger partial charge in [-0.25, -0.2) is 9.37 Å². The zero-order chi connectivity index (χ0) is 19.9. The lowest BCUT2D eigenvalue weighted by Gasteiger charge is -2.05. The first-order valence-electron chi connectivity index (χ1n) is 8.81. The van der Waals surface area contributed by atoms with Gasteiger partial charge < -0.3 is 10.6 Å². The second-order valence-electron chi connectivity index (χ2n) is 6.28. The molecule has 1 heterocycles. The van der Waals surface area contributed by atoms with Crippen LogP contribution in [0.4, 0.5) is 9.52 Å². The van der Waals surface area contributed by atoms with Gasteiger partial charge in [0.25, 0.3) is 0 Å². The molecule has 7 heteroatoms. The summed E-state index contributed by atoms with van der Waals surface area (Å²) in [6.07, 6.45) is 0.636. The summed E-state index contributed by atoms with van der Waals surface area (Å²) in [7, 11) is 0. The van der Waals surface area contributed by atoms with Crippen molar-refractivity contribution in [3.8, 4) is 0 Å². The Balaban J connectivity index is 1.52. The van der Waals surface area contributed by atoms with Crippen molar-refractivity contribution < 1.29 is 14.0 Å². The molecule has 0 radical (unpaired) electrons. The molecule has 5 nitrogen and oxygen atoms in total. The zero-order valence-corrected chi connectivity index (χ0v) is 16.2. The van der Waals surface area contributed by atoms with Crippen LogP contribution in [0.15, 0.2) is 54.6 Å². The number of anilines is 1. The van der Waals surface area contributed by atoms with Crippen LogP contribution < -0.4 is 10.6 Å². The van der Waals surface area contributed by atoms with Crippen LogP contribution in [0, 0.1) is 12.7 Å². The molecular weight excluding hydrogens is 377 g/mol. The third-order valence-corrected chi connectivity index (χ3v) is 5.17. The van der Waals surface area contributed by atoms with Gasteiger partial charge in [0.05, 0.1) is 18.7 Å². The predicted molar refractivity (Wildman–Crippen MR) is 108 cm³/mol. The maximum Gasteiger partial charge on any atom is 0.245 e. The lowest BCUT2D eigenvalue weighted by Crippen LogP contribution is -2.33. The fourth-order valence-corrected chi connectivity index (χ4v) is 3.65. The molecule has 1 aromatic heterocycles. The summed E-state index contributed by atoms with van der Waals surface area (Å²) in [5.74, 6) is -0.841. The molecule has 0 aliphatic rings. The summed E-state index contributed by atoms with van der Waals surface area (Å²) in [6, 6.07) is 15.9. The second kappa shape index (κ2) is 9.23. The molecule has 0 saturated carbocycles. The average Bonchev–Trinajstić information content (AvgIpc) is 3.01. The van der Waals surface area contributed by atoms with Gasteiger partial charge in [-0.2, -0.15) is 0 Å². The topological polar surface area (TPSA) is 71.1 Å². The van der Waals surface area contributed by atoms with Crippen LogP contribution in [0.5, 0.6) is 0 Å². The van der Waals surface area contributed by atoms with Crippen molar-refractivity contribution in [3.63, 3.8) is 0 Å². The Morgan fingerprint density at radius 1 is 1.04 bits per heavy atom. The Hall–Kier alpha value is -3.06. The smallest absolute Gasteiger partial charge is 0.245 e. The fourth-order valence-electron chi connectivity index (χ4n) is 2.65. The minimum atomic E-state index is -0.354. The summed E-state index contributed by atoms with van der Waals surface area (Å²) in [5, 5.41) is 5.72. The number of amides is 2. The molecule has 2 N–H and O–H groups in total. The monoisotopic (exact) mass is 397 g/mol. The van der Waals surface area contributed by atoms with Gasteiger partial charge in [0.1, 0.15) is 5.82 Å². The van der Waals surface area contributed by atoms with E-state index in [1.807, 2.05) is 37.3 Å². The van der Waals surface area contributed by atoms with E-state index in [4.69, 9.17) is 0 Å².